The van der Waals surface area contributed by atoms with Gasteiger partial charge in [-0.1, -0.05) is 43.0 Å². The molecule has 0 saturated heterocycles. The van der Waals surface area contributed by atoms with E-state index < -0.39 is 11.6 Å². The van der Waals surface area contributed by atoms with Crippen LogP contribution in [-0.2, 0) is 15.3 Å². The number of anilines is 3. The van der Waals surface area contributed by atoms with Gasteiger partial charge in [0.25, 0.3) is 0 Å². The quantitative estimate of drug-likeness (QED) is 0.364. The maximum Gasteiger partial charge on any atom is 0.248 e. The summed E-state index contributed by atoms with van der Waals surface area (Å²) in [5.41, 5.74) is 12.8. The molecule has 1 aliphatic carbocycles. The molecule has 0 heterocycles. The standard InChI is InChI=1S/C24H22FN3O2/c1-16(23(27)30)17-11-13-24(25,14-12-17)19-7-4-10-21(18(19)6-5-15-29)28-22-9-3-2-8-20(22)26/h2-13,15,28H,1,14,26H2,(H2,27,30)/b6-5+. The van der Waals surface area contributed by atoms with Gasteiger partial charge in [-0.05, 0) is 42.0 Å². The summed E-state index contributed by atoms with van der Waals surface area (Å²) in [6.07, 6.45) is 7.96. The molecule has 0 fully saturated rings. The van der Waals surface area contributed by atoms with Gasteiger partial charge in [0.2, 0.25) is 5.91 Å². The molecule has 0 bridgehead atoms. The Balaban J connectivity index is 2.03. The van der Waals surface area contributed by atoms with Gasteiger partial charge in [0.05, 0.1) is 11.4 Å². The van der Waals surface area contributed by atoms with Gasteiger partial charge in [-0.15, -0.1) is 0 Å². The van der Waals surface area contributed by atoms with E-state index in [0.29, 0.717) is 40.0 Å². The third-order valence-corrected chi connectivity index (χ3v) is 4.92. The van der Waals surface area contributed by atoms with Crippen LogP contribution in [0.3, 0.4) is 0 Å². The first-order chi connectivity index (χ1) is 14.4. The number of allylic oxidation sites excluding steroid dienone is 4. The summed E-state index contributed by atoms with van der Waals surface area (Å²) >= 11 is 0. The Bertz CT molecular complexity index is 1100. The molecule has 0 aromatic heterocycles. The molecular weight excluding hydrogens is 381 g/mol. The fourth-order valence-corrected chi connectivity index (χ4v) is 3.29. The van der Waals surface area contributed by atoms with Gasteiger partial charge < -0.3 is 16.8 Å². The van der Waals surface area contributed by atoms with Crippen LogP contribution in [0.4, 0.5) is 21.5 Å². The van der Waals surface area contributed by atoms with E-state index in [4.69, 9.17) is 11.5 Å². The number of nitrogens with one attached hydrogen (secondary N) is 1. The van der Waals surface area contributed by atoms with Gasteiger partial charge in [-0.2, -0.15) is 0 Å². The third-order valence-electron chi connectivity index (χ3n) is 4.92. The Labute approximate surface area is 174 Å². The molecule has 0 radical (unpaired) electrons. The van der Waals surface area contributed by atoms with Gasteiger partial charge in [0.15, 0.2) is 5.67 Å². The van der Waals surface area contributed by atoms with Crippen molar-refractivity contribution in [2.75, 3.05) is 11.1 Å². The van der Waals surface area contributed by atoms with Gasteiger partial charge in [-0.3, -0.25) is 9.59 Å². The van der Waals surface area contributed by atoms with Crippen molar-refractivity contribution < 1.29 is 14.0 Å². The number of alkyl halides is 1. The second kappa shape index (κ2) is 8.61. The predicted molar refractivity (Wildman–Crippen MR) is 119 cm³/mol. The minimum absolute atomic E-state index is 0.00993. The summed E-state index contributed by atoms with van der Waals surface area (Å²) in [7, 11) is 0. The number of aldehydes is 1. The maximum atomic E-state index is 16.0. The lowest BCUT2D eigenvalue weighted by molar-refractivity contribution is -0.114. The van der Waals surface area contributed by atoms with Crippen molar-refractivity contribution in [3.63, 3.8) is 0 Å². The van der Waals surface area contributed by atoms with Crippen LogP contribution in [0.2, 0.25) is 0 Å². The molecule has 6 heteroatoms. The fourth-order valence-electron chi connectivity index (χ4n) is 3.29. The van der Waals surface area contributed by atoms with Crippen LogP contribution in [0.1, 0.15) is 17.5 Å². The van der Waals surface area contributed by atoms with E-state index >= 15 is 4.39 Å². The highest BCUT2D eigenvalue weighted by atomic mass is 19.1. The minimum atomic E-state index is -1.84. The first-order valence-electron chi connectivity index (χ1n) is 9.30. The molecule has 1 atom stereocenters. The summed E-state index contributed by atoms with van der Waals surface area (Å²) in [5, 5.41) is 3.21. The van der Waals surface area contributed by atoms with Crippen molar-refractivity contribution in [2.24, 2.45) is 5.73 Å². The number of benzene rings is 2. The Morgan fingerprint density at radius 1 is 1.17 bits per heavy atom. The largest absolute Gasteiger partial charge is 0.397 e. The monoisotopic (exact) mass is 403 g/mol. The fraction of sp³-hybridized carbons (Fsp3) is 0.0833. The van der Waals surface area contributed by atoms with E-state index in [1.807, 2.05) is 18.2 Å². The molecule has 152 valence electrons. The molecule has 3 rings (SSSR count). The van der Waals surface area contributed by atoms with Gasteiger partial charge in [0.1, 0.15) is 6.29 Å². The van der Waals surface area contributed by atoms with Crippen molar-refractivity contribution in [3.05, 3.63) is 95.6 Å². The Hall–Kier alpha value is -3.93. The highest BCUT2D eigenvalue weighted by Crippen LogP contribution is 2.41. The second-order valence-electron chi connectivity index (χ2n) is 6.88. The number of primary amides is 1. The number of hydrogen-bond acceptors (Lipinski definition) is 4. The van der Waals surface area contributed by atoms with Crippen molar-refractivity contribution in [1.82, 2.24) is 0 Å². The van der Waals surface area contributed by atoms with Crippen molar-refractivity contribution in [2.45, 2.75) is 12.1 Å². The Morgan fingerprint density at radius 3 is 2.53 bits per heavy atom. The average molecular weight is 403 g/mol. The molecular formula is C24H22FN3O2. The van der Waals surface area contributed by atoms with Crippen LogP contribution >= 0.6 is 0 Å². The number of carbonyl (C=O) groups is 2. The molecule has 2 aromatic rings. The van der Waals surface area contributed by atoms with Crippen LogP contribution in [0.25, 0.3) is 6.08 Å². The molecule has 30 heavy (non-hydrogen) atoms. The molecule has 1 amide bonds. The first kappa shape index (κ1) is 20.8. The van der Waals surface area contributed by atoms with Crippen LogP contribution in [-0.4, -0.2) is 12.2 Å². The number of hydrogen-bond donors (Lipinski definition) is 3. The van der Waals surface area contributed by atoms with E-state index in [-0.39, 0.29) is 12.0 Å². The highest BCUT2D eigenvalue weighted by Gasteiger charge is 2.33. The molecule has 1 aliphatic rings. The number of carbonyl (C=O) groups excluding carboxylic acids is 2. The molecule has 0 saturated carbocycles. The van der Waals surface area contributed by atoms with E-state index in [2.05, 4.69) is 11.9 Å². The lowest BCUT2D eigenvalue weighted by Gasteiger charge is -2.27. The Morgan fingerprint density at radius 2 is 1.90 bits per heavy atom. The summed E-state index contributed by atoms with van der Waals surface area (Å²) < 4.78 is 16.0. The van der Waals surface area contributed by atoms with Crippen LogP contribution in [0.15, 0.2) is 84.5 Å². The topological polar surface area (TPSA) is 98.2 Å². The zero-order valence-electron chi connectivity index (χ0n) is 16.3. The molecule has 2 aromatic carbocycles. The third kappa shape index (κ3) is 4.22. The number of para-hydroxylation sites is 2. The van der Waals surface area contributed by atoms with Gasteiger partial charge in [-0.25, -0.2) is 4.39 Å². The lowest BCUT2D eigenvalue weighted by Crippen LogP contribution is -2.22. The van der Waals surface area contributed by atoms with E-state index in [1.165, 1.54) is 18.2 Å². The first-order valence-corrected chi connectivity index (χ1v) is 9.30. The number of rotatable bonds is 7. The number of halogens is 1. The zero-order chi connectivity index (χ0) is 21.7. The normalized spacial score (nSPS) is 18.1. The molecule has 1 unspecified atom stereocenters. The number of nitrogen functional groups attached to an aromatic ring is 1. The van der Waals surface area contributed by atoms with E-state index in [0.717, 1.165) is 0 Å². The molecule has 0 spiro atoms. The SMILES string of the molecule is C=C(C(N)=O)C1=CCC(F)(c2cccc(Nc3ccccc3N)c2/C=C/C=O)C=C1. The van der Waals surface area contributed by atoms with Crippen molar-refractivity contribution in [3.8, 4) is 0 Å². The van der Waals surface area contributed by atoms with Gasteiger partial charge in [0, 0.05) is 28.8 Å². The Kier molecular flexibility index (Phi) is 5.97. The zero-order valence-corrected chi connectivity index (χ0v) is 16.3. The van der Waals surface area contributed by atoms with Crippen LogP contribution in [0, 0.1) is 0 Å². The molecule has 5 N–H and O–H groups in total. The summed E-state index contributed by atoms with van der Waals surface area (Å²) in [4.78, 5) is 22.3. The van der Waals surface area contributed by atoms with E-state index in [9.17, 15) is 9.59 Å². The average Bonchev–Trinajstić information content (AvgIpc) is 2.74. The maximum absolute atomic E-state index is 16.0. The summed E-state index contributed by atoms with van der Waals surface area (Å²) in [6, 6.07) is 12.4. The second-order valence-corrected chi connectivity index (χ2v) is 6.88. The number of nitrogens with two attached hydrogens (primary N) is 2. The smallest absolute Gasteiger partial charge is 0.248 e. The van der Waals surface area contributed by atoms with Crippen LogP contribution in [0.5, 0.6) is 0 Å². The van der Waals surface area contributed by atoms with Gasteiger partial charge >= 0.3 is 0 Å². The van der Waals surface area contributed by atoms with Crippen LogP contribution < -0.4 is 16.8 Å². The lowest BCUT2D eigenvalue weighted by atomic mass is 9.82. The molecule has 5 nitrogen and oxygen atoms in total. The summed E-state index contributed by atoms with van der Waals surface area (Å²) in [5.74, 6) is -0.654. The number of amides is 1. The van der Waals surface area contributed by atoms with Crippen molar-refractivity contribution >= 4 is 35.3 Å². The highest BCUT2D eigenvalue weighted by molar-refractivity contribution is 5.96. The van der Waals surface area contributed by atoms with Crippen molar-refractivity contribution in [1.29, 1.82) is 0 Å². The predicted octanol–water partition coefficient (Wildman–Crippen LogP) is 4.32. The molecule has 0 aliphatic heterocycles. The summed E-state index contributed by atoms with van der Waals surface area (Å²) in [6.45, 7) is 3.64. The van der Waals surface area contributed by atoms with E-state index in [1.54, 1.807) is 36.4 Å². The minimum Gasteiger partial charge on any atom is -0.397 e.